The van der Waals surface area contributed by atoms with Crippen molar-refractivity contribution in [2.75, 3.05) is 41.7 Å². The van der Waals surface area contributed by atoms with Gasteiger partial charge in [-0.1, -0.05) is 0 Å². The Morgan fingerprint density at radius 3 is 1.03 bits per heavy atom. The third-order valence-corrected chi connectivity index (χ3v) is 4.32. The molecule has 176 valence electrons. The number of rotatable bonds is 10. The van der Waals surface area contributed by atoms with Crippen molar-refractivity contribution in [2.24, 2.45) is 0 Å². The van der Waals surface area contributed by atoms with Gasteiger partial charge in [0.1, 0.15) is 11.5 Å². The molecule has 0 heterocycles. The normalized spacial score (nSPS) is 10.1. The minimum atomic E-state index is -0.624. The fourth-order valence-electron chi connectivity index (χ4n) is 2.75. The van der Waals surface area contributed by atoms with Gasteiger partial charge in [-0.2, -0.15) is 0 Å². The first-order chi connectivity index (χ1) is 15.8. The molecule has 0 fully saturated rings. The van der Waals surface area contributed by atoms with E-state index in [1.807, 2.05) is 0 Å². The van der Waals surface area contributed by atoms with Crippen LogP contribution in [0.15, 0.2) is 36.4 Å². The molecule has 0 N–H and O–H groups in total. The Morgan fingerprint density at radius 2 is 0.788 bits per heavy atom. The van der Waals surface area contributed by atoms with Crippen molar-refractivity contribution in [1.82, 2.24) is 0 Å². The van der Waals surface area contributed by atoms with Gasteiger partial charge < -0.3 is 28.4 Å². The van der Waals surface area contributed by atoms with Crippen LogP contribution >= 0.6 is 0 Å². The summed E-state index contributed by atoms with van der Waals surface area (Å²) in [5, 5.41) is 0. The molecular weight excluding hydrogens is 436 g/mol. The quantitative estimate of drug-likeness (QED) is 0.297. The molecule has 0 aromatic heterocycles. The maximum absolute atomic E-state index is 11.8. The van der Waals surface area contributed by atoms with Gasteiger partial charge in [-0.25, -0.2) is 19.2 Å². The van der Waals surface area contributed by atoms with Crippen LogP contribution < -0.4 is 9.47 Å². The molecule has 0 amide bonds. The fraction of sp³-hybridized carbons (Fsp3) is 0.304. The molecule has 0 spiro atoms. The van der Waals surface area contributed by atoms with Gasteiger partial charge in [0.2, 0.25) is 0 Å². The maximum Gasteiger partial charge on any atom is 0.338 e. The Kier molecular flexibility index (Phi) is 9.22. The molecule has 0 saturated heterocycles. The van der Waals surface area contributed by atoms with Crippen LogP contribution in [0.3, 0.4) is 0 Å². The third kappa shape index (κ3) is 6.96. The number of benzene rings is 2. The minimum absolute atomic E-state index is 0.140. The standard InChI is InChI=1S/C23H24O10/c1-28-20(24)14-8-15(21(25)29-2)11-18(10-14)32-6-5-7-33-19-12-16(22(26)30-3)9-17(13-19)23(27)31-4/h8-13H,5-7H2,1-4H3. The molecular formula is C23H24O10. The molecule has 0 unspecified atom stereocenters. The molecule has 10 heteroatoms. The van der Waals surface area contributed by atoms with Crippen molar-refractivity contribution in [3.8, 4) is 11.5 Å². The van der Waals surface area contributed by atoms with E-state index in [1.165, 1.54) is 64.8 Å². The summed E-state index contributed by atoms with van der Waals surface area (Å²) in [6.07, 6.45) is 0.409. The monoisotopic (exact) mass is 460 g/mol. The van der Waals surface area contributed by atoms with Crippen LogP contribution in [0.1, 0.15) is 47.9 Å². The van der Waals surface area contributed by atoms with Crippen molar-refractivity contribution < 1.29 is 47.6 Å². The van der Waals surface area contributed by atoms with Crippen LogP contribution in [0, 0.1) is 0 Å². The molecule has 0 saturated carbocycles. The van der Waals surface area contributed by atoms with Crippen LogP contribution in [0.25, 0.3) is 0 Å². The highest BCUT2D eigenvalue weighted by atomic mass is 16.5. The van der Waals surface area contributed by atoms with Gasteiger partial charge in [-0.05, 0) is 36.4 Å². The lowest BCUT2D eigenvalue weighted by Crippen LogP contribution is -2.10. The van der Waals surface area contributed by atoms with Gasteiger partial charge in [0.25, 0.3) is 0 Å². The highest BCUT2D eigenvalue weighted by Gasteiger charge is 2.16. The number of methoxy groups -OCH3 is 4. The summed E-state index contributed by atoms with van der Waals surface area (Å²) >= 11 is 0. The summed E-state index contributed by atoms with van der Waals surface area (Å²) in [4.78, 5) is 47.4. The molecule has 33 heavy (non-hydrogen) atoms. The maximum atomic E-state index is 11.8. The molecule has 0 aliphatic rings. The van der Waals surface area contributed by atoms with Crippen molar-refractivity contribution in [1.29, 1.82) is 0 Å². The van der Waals surface area contributed by atoms with Crippen LogP contribution in [-0.2, 0) is 18.9 Å². The summed E-state index contributed by atoms with van der Waals surface area (Å²) in [6, 6.07) is 8.48. The SMILES string of the molecule is COC(=O)c1cc(OCCCOc2cc(C(=O)OC)cc(C(=O)OC)c2)cc(C(=O)OC)c1. The van der Waals surface area contributed by atoms with E-state index in [0.29, 0.717) is 6.42 Å². The predicted octanol–water partition coefficient (Wildman–Crippen LogP) is 2.68. The van der Waals surface area contributed by atoms with Crippen LogP contribution in [-0.4, -0.2) is 65.5 Å². The molecule has 0 bridgehead atoms. The van der Waals surface area contributed by atoms with Gasteiger partial charge in [0.15, 0.2) is 0 Å². The zero-order valence-corrected chi connectivity index (χ0v) is 18.7. The Morgan fingerprint density at radius 1 is 0.515 bits per heavy atom. The summed E-state index contributed by atoms with van der Waals surface area (Å²) in [6.45, 7) is 0.373. The zero-order chi connectivity index (χ0) is 24.4. The molecule has 0 radical (unpaired) electrons. The first-order valence-electron chi connectivity index (χ1n) is 9.72. The van der Waals surface area contributed by atoms with Gasteiger partial charge in [-0.15, -0.1) is 0 Å². The molecule has 0 aliphatic carbocycles. The van der Waals surface area contributed by atoms with E-state index in [9.17, 15) is 19.2 Å². The molecule has 2 aromatic carbocycles. The number of hydrogen-bond donors (Lipinski definition) is 0. The van der Waals surface area contributed by atoms with Gasteiger partial charge in [0.05, 0.1) is 63.9 Å². The van der Waals surface area contributed by atoms with Crippen molar-refractivity contribution >= 4 is 23.9 Å². The second-order valence-corrected chi connectivity index (χ2v) is 6.51. The average Bonchev–Trinajstić information content (AvgIpc) is 2.85. The number of ether oxygens (including phenoxy) is 6. The average molecular weight is 460 g/mol. The first-order valence-corrected chi connectivity index (χ1v) is 9.72. The predicted molar refractivity (Wildman–Crippen MR) is 114 cm³/mol. The van der Waals surface area contributed by atoms with E-state index in [4.69, 9.17) is 9.47 Å². The smallest absolute Gasteiger partial charge is 0.338 e. The van der Waals surface area contributed by atoms with Crippen LogP contribution in [0.4, 0.5) is 0 Å². The molecule has 2 aromatic rings. The minimum Gasteiger partial charge on any atom is -0.493 e. The Hall–Kier alpha value is -4.08. The highest BCUT2D eigenvalue weighted by Crippen LogP contribution is 2.21. The number of esters is 4. The van der Waals surface area contributed by atoms with Gasteiger partial charge >= 0.3 is 23.9 Å². The largest absolute Gasteiger partial charge is 0.493 e. The van der Waals surface area contributed by atoms with E-state index < -0.39 is 23.9 Å². The first kappa shape index (κ1) is 25.2. The third-order valence-electron chi connectivity index (χ3n) is 4.32. The van der Waals surface area contributed by atoms with E-state index in [-0.39, 0.29) is 47.0 Å². The number of carbonyl (C=O) groups excluding carboxylic acids is 4. The summed E-state index contributed by atoms with van der Waals surface area (Å²) in [7, 11) is 4.91. The number of hydrogen-bond acceptors (Lipinski definition) is 10. The van der Waals surface area contributed by atoms with Crippen molar-refractivity contribution in [2.45, 2.75) is 6.42 Å². The van der Waals surface area contributed by atoms with Crippen LogP contribution in [0.2, 0.25) is 0 Å². The summed E-state index contributed by atoms with van der Waals surface area (Å²) in [5.74, 6) is -1.94. The fourth-order valence-corrected chi connectivity index (χ4v) is 2.75. The lowest BCUT2D eigenvalue weighted by molar-refractivity contribution is 0.0581. The van der Waals surface area contributed by atoms with E-state index in [2.05, 4.69) is 18.9 Å². The second-order valence-electron chi connectivity index (χ2n) is 6.51. The Bertz CT molecular complexity index is 878. The summed E-state index contributed by atoms with van der Waals surface area (Å²) in [5.41, 5.74) is 0.562. The molecule has 0 atom stereocenters. The topological polar surface area (TPSA) is 124 Å². The Labute approximate surface area is 190 Å². The summed E-state index contributed by atoms with van der Waals surface area (Å²) < 4.78 is 30.0. The van der Waals surface area contributed by atoms with Crippen LogP contribution in [0.5, 0.6) is 11.5 Å². The lowest BCUT2D eigenvalue weighted by atomic mass is 10.1. The van der Waals surface area contributed by atoms with Gasteiger partial charge in [0, 0.05) is 6.42 Å². The number of carbonyl (C=O) groups is 4. The van der Waals surface area contributed by atoms with Crippen molar-refractivity contribution in [3.63, 3.8) is 0 Å². The lowest BCUT2D eigenvalue weighted by Gasteiger charge is -2.12. The second kappa shape index (κ2) is 12.1. The highest BCUT2D eigenvalue weighted by molar-refractivity contribution is 5.96. The molecule has 0 aliphatic heterocycles. The van der Waals surface area contributed by atoms with E-state index in [1.54, 1.807) is 0 Å². The molecule has 2 rings (SSSR count). The van der Waals surface area contributed by atoms with E-state index in [0.717, 1.165) is 0 Å². The van der Waals surface area contributed by atoms with Gasteiger partial charge in [-0.3, -0.25) is 0 Å². The molecule has 10 nitrogen and oxygen atoms in total. The van der Waals surface area contributed by atoms with Crippen molar-refractivity contribution in [3.05, 3.63) is 58.7 Å². The van der Waals surface area contributed by atoms with E-state index >= 15 is 0 Å². The Balaban J connectivity index is 2.03. The zero-order valence-electron chi connectivity index (χ0n) is 18.7.